The van der Waals surface area contributed by atoms with Crippen molar-refractivity contribution in [1.29, 1.82) is 0 Å². The van der Waals surface area contributed by atoms with Crippen LogP contribution in [0.3, 0.4) is 0 Å². The van der Waals surface area contributed by atoms with Crippen molar-refractivity contribution in [1.82, 2.24) is 5.32 Å². The van der Waals surface area contributed by atoms with Gasteiger partial charge in [0.15, 0.2) is 0 Å². The molecule has 104 valence electrons. The van der Waals surface area contributed by atoms with E-state index in [9.17, 15) is 9.90 Å². The van der Waals surface area contributed by atoms with Gasteiger partial charge in [-0.05, 0) is 37.3 Å². The zero-order valence-corrected chi connectivity index (χ0v) is 12.8. The number of nitrogens with one attached hydrogen (secondary N) is 1. The van der Waals surface area contributed by atoms with Gasteiger partial charge in [0.05, 0.1) is 0 Å². The predicted octanol–water partition coefficient (Wildman–Crippen LogP) is 3.39. The number of amides is 1. The number of halogens is 1. The lowest BCUT2D eigenvalue weighted by molar-refractivity contribution is 0.0934. The third-order valence-corrected chi connectivity index (χ3v) is 5.31. The SMILES string of the molecule is Cc1c(O)cccc1C(=O)NCC1(CBr)CCCC1. The van der Waals surface area contributed by atoms with Crippen LogP contribution in [0.25, 0.3) is 0 Å². The van der Waals surface area contributed by atoms with E-state index in [4.69, 9.17) is 0 Å². The third-order valence-electron chi connectivity index (χ3n) is 4.12. The summed E-state index contributed by atoms with van der Waals surface area (Å²) in [5.74, 6) is 0.0735. The van der Waals surface area contributed by atoms with E-state index in [-0.39, 0.29) is 17.1 Å². The van der Waals surface area contributed by atoms with E-state index in [0.717, 1.165) is 18.2 Å². The fourth-order valence-corrected chi connectivity index (χ4v) is 3.47. The zero-order valence-electron chi connectivity index (χ0n) is 11.2. The van der Waals surface area contributed by atoms with Crippen molar-refractivity contribution in [3.8, 4) is 5.75 Å². The Hall–Kier alpha value is -1.03. The molecule has 1 aliphatic carbocycles. The molecule has 1 saturated carbocycles. The number of hydrogen-bond acceptors (Lipinski definition) is 2. The van der Waals surface area contributed by atoms with Crippen molar-refractivity contribution in [2.75, 3.05) is 11.9 Å². The minimum Gasteiger partial charge on any atom is -0.508 e. The molecule has 0 heterocycles. The highest BCUT2D eigenvalue weighted by atomic mass is 79.9. The van der Waals surface area contributed by atoms with Crippen LogP contribution < -0.4 is 5.32 Å². The third kappa shape index (κ3) is 3.11. The quantitative estimate of drug-likeness (QED) is 0.834. The Morgan fingerprint density at radius 2 is 2.11 bits per heavy atom. The summed E-state index contributed by atoms with van der Waals surface area (Å²) < 4.78 is 0. The lowest BCUT2D eigenvalue weighted by atomic mass is 9.88. The van der Waals surface area contributed by atoms with Crippen LogP contribution in [0.1, 0.15) is 41.6 Å². The van der Waals surface area contributed by atoms with Crippen molar-refractivity contribution in [2.45, 2.75) is 32.6 Å². The molecule has 1 aliphatic rings. The van der Waals surface area contributed by atoms with Crippen molar-refractivity contribution in [2.24, 2.45) is 5.41 Å². The molecule has 0 spiro atoms. The summed E-state index contributed by atoms with van der Waals surface area (Å²) in [6.45, 7) is 2.46. The van der Waals surface area contributed by atoms with Gasteiger partial charge in [-0.25, -0.2) is 0 Å². The zero-order chi connectivity index (χ0) is 13.9. The number of carbonyl (C=O) groups is 1. The fraction of sp³-hybridized carbons (Fsp3) is 0.533. The molecule has 2 N–H and O–H groups in total. The van der Waals surface area contributed by atoms with E-state index in [0.29, 0.717) is 17.7 Å². The molecule has 0 radical (unpaired) electrons. The normalized spacial score (nSPS) is 17.4. The largest absolute Gasteiger partial charge is 0.508 e. The van der Waals surface area contributed by atoms with Crippen LogP contribution in [0.2, 0.25) is 0 Å². The number of phenols is 1. The summed E-state index contributed by atoms with van der Waals surface area (Å²) in [7, 11) is 0. The molecule has 3 nitrogen and oxygen atoms in total. The van der Waals surface area contributed by atoms with Gasteiger partial charge < -0.3 is 10.4 Å². The first-order valence-electron chi connectivity index (χ1n) is 6.71. The topological polar surface area (TPSA) is 49.3 Å². The highest BCUT2D eigenvalue weighted by molar-refractivity contribution is 9.09. The Balaban J connectivity index is 2.03. The van der Waals surface area contributed by atoms with Gasteiger partial charge in [0.1, 0.15) is 5.75 Å². The summed E-state index contributed by atoms with van der Waals surface area (Å²) in [5.41, 5.74) is 1.41. The minimum atomic E-state index is -0.0966. The van der Waals surface area contributed by atoms with Crippen LogP contribution in [-0.4, -0.2) is 22.9 Å². The number of benzene rings is 1. The van der Waals surface area contributed by atoms with Crippen LogP contribution in [0.5, 0.6) is 5.75 Å². The van der Waals surface area contributed by atoms with E-state index in [1.54, 1.807) is 25.1 Å². The Labute approximate surface area is 122 Å². The highest BCUT2D eigenvalue weighted by Crippen LogP contribution is 2.39. The van der Waals surface area contributed by atoms with Gasteiger partial charge in [-0.2, -0.15) is 0 Å². The monoisotopic (exact) mass is 325 g/mol. The number of hydrogen-bond donors (Lipinski definition) is 2. The molecule has 0 aliphatic heterocycles. The molecule has 19 heavy (non-hydrogen) atoms. The first kappa shape index (κ1) is 14.4. The minimum absolute atomic E-state index is 0.0966. The molecule has 1 fully saturated rings. The van der Waals surface area contributed by atoms with Gasteiger partial charge in [0.2, 0.25) is 0 Å². The number of carbonyl (C=O) groups excluding carboxylic acids is 1. The highest BCUT2D eigenvalue weighted by Gasteiger charge is 2.33. The van der Waals surface area contributed by atoms with Crippen LogP contribution >= 0.6 is 15.9 Å². The van der Waals surface area contributed by atoms with Crippen molar-refractivity contribution in [3.63, 3.8) is 0 Å². The molecule has 0 saturated heterocycles. The predicted molar refractivity (Wildman–Crippen MR) is 79.9 cm³/mol. The molecular formula is C15H20BrNO2. The summed E-state index contributed by atoms with van der Waals surface area (Å²) >= 11 is 3.57. The lowest BCUT2D eigenvalue weighted by Gasteiger charge is -2.26. The summed E-state index contributed by atoms with van der Waals surface area (Å²) in [6.07, 6.45) is 4.81. The van der Waals surface area contributed by atoms with Gasteiger partial charge in [0, 0.05) is 23.0 Å². The van der Waals surface area contributed by atoms with E-state index in [1.807, 2.05) is 0 Å². The van der Waals surface area contributed by atoms with Crippen LogP contribution in [-0.2, 0) is 0 Å². The van der Waals surface area contributed by atoms with Crippen LogP contribution in [0.15, 0.2) is 18.2 Å². The van der Waals surface area contributed by atoms with E-state index in [2.05, 4.69) is 21.2 Å². The van der Waals surface area contributed by atoms with Crippen molar-refractivity contribution in [3.05, 3.63) is 29.3 Å². The summed E-state index contributed by atoms with van der Waals surface area (Å²) in [4.78, 5) is 12.2. The average Bonchev–Trinajstić information content (AvgIpc) is 2.89. The van der Waals surface area contributed by atoms with Crippen LogP contribution in [0.4, 0.5) is 0 Å². The molecule has 0 unspecified atom stereocenters. The Kier molecular flexibility index (Phi) is 4.50. The maximum absolute atomic E-state index is 12.2. The first-order valence-corrected chi connectivity index (χ1v) is 7.83. The second-order valence-corrected chi connectivity index (χ2v) is 6.03. The standard InChI is InChI=1S/C15H20BrNO2/c1-11-12(5-4-6-13(11)18)14(19)17-10-15(9-16)7-2-3-8-15/h4-6,18H,2-3,7-10H2,1H3,(H,17,19). The van der Waals surface area contributed by atoms with Crippen molar-refractivity contribution < 1.29 is 9.90 Å². The smallest absolute Gasteiger partial charge is 0.251 e. The van der Waals surface area contributed by atoms with E-state index >= 15 is 0 Å². The molecule has 1 aromatic carbocycles. The average molecular weight is 326 g/mol. The Morgan fingerprint density at radius 1 is 1.42 bits per heavy atom. The second-order valence-electron chi connectivity index (χ2n) is 5.47. The number of phenolic OH excluding ortho intramolecular Hbond substituents is 1. The maximum Gasteiger partial charge on any atom is 0.251 e. The molecule has 2 rings (SSSR count). The van der Waals surface area contributed by atoms with Gasteiger partial charge in [-0.1, -0.05) is 34.8 Å². The van der Waals surface area contributed by atoms with Gasteiger partial charge >= 0.3 is 0 Å². The molecule has 0 aromatic heterocycles. The van der Waals surface area contributed by atoms with Crippen LogP contribution in [0, 0.1) is 12.3 Å². The molecule has 0 bridgehead atoms. The number of aromatic hydroxyl groups is 1. The maximum atomic E-state index is 12.2. The number of alkyl halides is 1. The van der Waals surface area contributed by atoms with Crippen molar-refractivity contribution >= 4 is 21.8 Å². The molecule has 1 aromatic rings. The Morgan fingerprint density at radius 3 is 2.74 bits per heavy atom. The Bertz CT molecular complexity index is 467. The van der Waals surface area contributed by atoms with Gasteiger partial charge in [-0.15, -0.1) is 0 Å². The summed E-state index contributed by atoms with van der Waals surface area (Å²) in [5, 5.41) is 13.6. The lowest BCUT2D eigenvalue weighted by Crippen LogP contribution is -2.37. The number of rotatable bonds is 4. The first-order chi connectivity index (χ1) is 9.08. The molecule has 1 amide bonds. The molecule has 4 heteroatoms. The molecular weight excluding hydrogens is 306 g/mol. The molecule has 0 atom stereocenters. The van der Waals surface area contributed by atoms with Gasteiger partial charge in [0.25, 0.3) is 5.91 Å². The van der Waals surface area contributed by atoms with Gasteiger partial charge in [-0.3, -0.25) is 4.79 Å². The summed E-state index contributed by atoms with van der Waals surface area (Å²) in [6, 6.07) is 5.05. The fourth-order valence-electron chi connectivity index (χ4n) is 2.72. The second kappa shape index (κ2) is 5.95. The van der Waals surface area contributed by atoms with E-state index in [1.165, 1.54) is 12.8 Å². The van der Waals surface area contributed by atoms with E-state index < -0.39 is 0 Å².